The van der Waals surface area contributed by atoms with Gasteiger partial charge < -0.3 is 27.4 Å². The van der Waals surface area contributed by atoms with Crippen LogP contribution in [-0.2, 0) is 0 Å². The number of fused-ring (bicyclic) bond motifs is 23. The van der Waals surface area contributed by atoms with Crippen LogP contribution in [0.4, 0.5) is 0 Å². The van der Waals surface area contributed by atoms with Gasteiger partial charge in [-0.2, -0.15) is 0 Å². The van der Waals surface area contributed by atoms with Gasteiger partial charge >= 0.3 is 0 Å². The molecule has 6 heteroatoms. The summed E-state index contributed by atoms with van der Waals surface area (Å²) < 4.78 is 14.5. The molecule has 6 heterocycles. The first-order valence-corrected chi connectivity index (χ1v) is 44.0. The Hall–Kier alpha value is -17.1. The van der Waals surface area contributed by atoms with Crippen molar-refractivity contribution in [3.8, 4) is 78.6 Å². The third kappa shape index (κ3) is 12.0. The van der Waals surface area contributed by atoms with Crippen LogP contribution in [0, 0.1) is 0 Å². The normalized spacial score (nSPS) is 11.8. The van der Waals surface area contributed by atoms with Crippen molar-refractivity contribution >= 4 is 152 Å². The summed E-state index contributed by atoms with van der Waals surface area (Å²) in [6.07, 6.45) is 0. The monoisotopic (exact) mass is 1630 g/mol. The predicted octanol–water partition coefficient (Wildman–Crippen LogP) is 32.6. The van der Waals surface area contributed by atoms with E-state index in [0.29, 0.717) is 0 Å². The zero-order valence-corrected chi connectivity index (χ0v) is 69.9. The lowest BCUT2D eigenvalue weighted by Gasteiger charge is -2.11. The molecule has 0 bridgehead atoms. The fourth-order valence-corrected chi connectivity index (χ4v) is 20.7. The van der Waals surface area contributed by atoms with Gasteiger partial charge in [0.25, 0.3) is 0 Å². The van der Waals surface area contributed by atoms with Gasteiger partial charge in [-0.05, 0) is 206 Å². The number of benzene rings is 21. The van der Waals surface area contributed by atoms with Gasteiger partial charge in [-0.1, -0.05) is 346 Å². The molecule has 6 aromatic heterocycles. The molecule has 27 rings (SSSR count). The van der Waals surface area contributed by atoms with Gasteiger partial charge in [0.2, 0.25) is 0 Å². The molecule has 0 aliphatic carbocycles. The summed E-state index contributed by atoms with van der Waals surface area (Å²) in [5.74, 6) is 0. The molecule has 0 fully saturated rings. The minimum atomic E-state index is 1.16. The van der Waals surface area contributed by atoms with Gasteiger partial charge in [0.05, 0.1) is 66.2 Å². The number of nitrogens with zero attached hydrogens (tertiary/aromatic N) is 6. The van der Waals surface area contributed by atoms with Crippen LogP contribution < -0.4 is 0 Å². The summed E-state index contributed by atoms with van der Waals surface area (Å²) in [7, 11) is 0. The molecule has 6 nitrogen and oxygen atoms in total. The van der Waals surface area contributed by atoms with Gasteiger partial charge in [-0.3, -0.25) is 0 Å². The second kappa shape index (κ2) is 30.5. The van der Waals surface area contributed by atoms with Gasteiger partial charge in [-0.15, -0.1) is 0 Å². The Morgan fingerprint density at radius 2 is 0.383 bits per heavy atom. The first-order valence-electron chi connectivity index (χ1n) is 44.0. The molecule has 21 aromatic carbocycles. The summed E-state index contributed by atoms with van der Waals surface area (Å²) >= 11 is 0. The van der Waals surface area contributed by atoms with Crippen molar-refractivity contribution in [2.24, 2.45) is 0 Å². The molecule has 0 amide bonds. The van der Waals surface area contributed by atoms with Crippen LogP contribution in [0.15, 0.2) is 485 Å². The summed E-state index contributed by atoms with van der Waals surface area (Å²) in [6.45, 7) is 0. The fourth-order valence-electron chi connectivity index (χ4n) is 20.7. The molecule has 0 saturated heterocycles. The van der Waals surface area contributed by atoms with E-state index in [1.165, 1.54) is 214 Å². The van der Waals surface area contributed by atoms with Gasteiger partial charge in [0.15, 0.2) is 0 Å². The van der Waals surface area contributed by atoms with Crippen molar-refractivity contribution in [1.29, 1.82) is 0 Å². The van der Waals surface area contributed by atoms with E-state index in [9.17, 15) is 0 Å². The quantitative estimate of drug-likeness (QED) is 0.131. The molecule has 0 aliphatic rings. The van der Waals surface area contributed by atoms with Crippen LogP contribution in [0.1, 0.15) is 0 Å². The van der Waals surface area contributed by atoms with E-state index in [2.05, 4.69) is 513 Å². The maximum atomic E-state index is 2.44. The average molecular weight is 1630 g/mol. The topological polar surface area (TPSA) is 29.6 Å². The van der Waals surface area contributed by atoms with Crippen LogP contribution in [0.5, 0.6) is 0 Å². The first kappa shape index (κ1) is 73.6. The number of para-hydroxylation sites is 7. The lowest BCUT2D eigenvalue weighted by Crippen LogP contribution is -1.95. The Kier molecular flexibility index (Phi) is 17.5. The molecule has 0 N–H and O–H groups in total. The van der Waals surface area contributed by atoms with Crippen molar-refractivity contribution in [1.82, 2.24) is 27.4 Å². The highest BCUT2D eigenvalue weighted by molar-refractivity contribution is 6.31. The zero-order valence-electron chi connectivity index (χ0n) is 69.9. The standard InChI is InChI=1S/C42H28N2.2C40H26N2/c1-3-11-29(12-4-1)31-19-23-33(24-20-31)43-37-17-9-7-15-35(37)41-39(43)27-28-40-42(41)36-16-8-10-18-38(36)44(40)34-25-21-32(22-26-34)30-13-5-2-6-14-30;1-2-13-29(14-3-1)42-36-19-8-6-16-33(36)34-25-26-38-39(40(34)42)35-17-7-9-20-37(35)41(38)30-23-21-28(22-24-30)32-18-10-12-27-11-4-5-15-31(27)32;1-2-10-27(11-3-1)29-18-21-31(22-19-29)41-35-16-8-6-14-33(35)39-37(41)24-25-38-40(39)34-15-7-9-17-36(34)42(38)32-23-20-28-12-4-5-13-30(28)26-32/h1-28H;2*1-26H. The van der Waals surface area contributed by atoms with Crippen molar-refractivity contribution < 1.29 is 0 Å². The second-order valence-electron chi connectivity index (χ2n) is 33.4. The minimum absolute atomic E-state index is 1.16. The number of aromatic nitrogens is 6. The number of hydrogen-bond acceptors (Lipinski definition) is 0. The van der Waals surface area contributed by atoms with E-state index < -0.39 is 0 Å². The predicted molar refractivity (Wildman–Crippen MR) is 542 cm³/mol. The summed E-state index contributed by atoms with van der Waals surface area (Å²) in [6, 6.07) is 176. The fraction of sp³-hybridized carbons (Fsp3) is 0. The van der Waals surface area contributed by atoms with Crippen LogP contribution >= 0.6 is 0 Å². The zero-order chi connectivity index (χ0) is 84.3. The van der Waals surface area contributed by atoms with Gasteiger partial charge in [-0.25, -0.2) is 0 Å². The Balaban J connectivity index is 0.000000104. The molecular weight excluding hydrogens is 1550 g/mol. The van der Waals surface area contributed by atoms with Crippen LogP contribution in [0.2, 0.25) is 0 Å². The molecule has 0 radical (unpaired) electrons. The van der Waals surface area contributed by atoms with E-state index in [4.69, 9.17) is 0 Å². The average Bonchev–Trinajstić information content (AvgIpc) is 1.56. The molecule has 0 aliphatic heterocycles. The highest BCUT2D eigenvalue weighted by Crippen LogP contribution is 2.48. The summed E-state index contributed by atoms with van der Waals surface area (Å²) in [5, 5.41) is 20.4. The molecule has 0 spiro atoms. The maximum absolute atomic E-state index is 2.44. The van der Waals surface area contributed by atoms with Crippen molar-refractivity contribution in [3.05, 3.63) is 485 Å². The van der Waals surface area contributed by atoms with E-state index in [0.717, 1.165) is 17.1 Å². The van der Waals surface area contributed by atoms with Gasteiger partial charge in [0, 0.05) is 98.8 Å². The number of hydrogen-bond donors (Lipinski definition) is 0. The Morgan fingerprint density at radius 3 is 0.789 bits per heavy atom. The first-order chi connectivity index (χ1) is 63.6. The van der Waals surface area contributed by atoms with E-state index in [1.807, 2.05) is 0 Å². The Labute approximate surface area is 738 Å². The smallest absolute Gasteiger partial charge is 0.0641 e. The Bertz CT molecular complexity index is 8820. The SMILES string of the molecule is c1ccc(-c2ccc(-n3c4ccccc4c4c5c6ccccc6n(-c6ccc(-c7ccccc7)cc6)c5ccc43)cc2)cc1.c1ccc(-c2ccc(-n3c4ccccc4c4c5c6ccccc6n(-c6ccc7ccccc7c6)c5ccc43)cc2)cc1.c1ccc(-n2c3ccccc3c3ccc4c(c5ccccc5n4-c4ccc(-c5cccc6ccccc56)cc4)c32)cc1. The third-order valence-corrected chi connectivity index (χ3v) is 26.3. The van der Waals surface area contributed by atoms with Crippen molar-refractivity contribution in [2.45, 2.75) is 0 Å². The molecule has 27 aromatic rings. The highest BCUT2D eigenvalue weighted by atomic mass is 15.0. The van der Waals surface area contributed by atoms with Crippen LogP contribution in [-0.4, -0.2) is 27.4 Å². The van der Waals surface area contributed by atoms with Crippen LogP contribution in [0.25, 0.3) is 231 Å². The summed E-state index contributed by atoms with van der Waals surface area (Å²) in [4.78, 5) is 0. The summed E-state index contributed by atoms with van der Waals surface area (Å²) in [5.41, 5.74) is 31.5. The van der Waals surface area contributed by atoms with Crippen molar-refractivity contribution in [2.75, 3.05) is 0 Å². The third-order valence-electron chi connectivity index (χ3n) is 26.3. The van der Waals surface area contributed by atoms with E-state index in [-0.39, 0.29) is 0 Å². The van der Waals surface area contributed by atoms with E-state index >= 15 is 0 Å². The number of rotatable bonds is 10. The molecule has 0 unspecified atom stereocenters. The second-order valence-corrected chi connectivity index (χ2v) is 33.4. The largest absolute Gasteiger partial charge is 0.309 e. The Morgan fingerprint density at radius 1 is 0.117 bits per heavy atom. The maximum Gasteiger partial charge on any atom is 0.0641 e. The lowest BCUT2D eigenvalue weighted by atomic mass is 9.98. The molecular formula is C122H80N6. The minimum Gasteiger partial charge on any atom is -0.309 e. The molecule has 128 heavy (non-hydrogen) atoms. The molecule has 0 atom stereocenters. The highest BCUT2D eigenvalue weighted by Gasteiger charge is 2.26. The van der Waals surface area contributed by atoms with Crippen LogP contribution in [0.3, 0.4) is 0 Å². The molecule has 598 valence electrons. The lowest BCUT2D eigenvalue weighted by molar-refractivity contribution is 1.17. The van der Waals surface area contributed by atoms with Gasteiger partial charge in [0.1, 0.15) is 0 Å². The van der Waals surface area contributed by atoms with Crippen molar-refractivity contribution in [3.63, 3.8) is 0 Å². The van der Waals surface area contributed by atoms with E-state index in [1.54, 1.807) is 0 Å². The molecule has 0 saturated carbocycles.